The van der Waals surface area contributed by atoms with Crippen LogP contribution in [0.5, 0.6) is 0 Å². The minimum Gasteiger partial charge on any atom is -0.317 e. The Hall–Kier alpha value is 0.0300. The van der Waals surface area contributed by atoms with Gasteiger partial charge in [-0.15, -0.1) is 23.7 Å². The highest BCUT2D eigenvalue weighted by atomic mass is 35.5. The molecule has 0 bridgehead atoms. The summed E-state index contributed by atoms with van der Waals surface area (Å²) in [7, 11) is -0.704. The van der Waals surface area contributed by atoms with Gasteiger partial charge in [-0.1, -0.05) is 0 Å². The highest BCUT2D eigenvalue weighted by Gasteiger charge is 2.16. The first kappa shape index (κ1) is 14.1. The van der Waals surface area contributed by atoms with Gasteiger partial charge < -0.3 is 5.32 Å². The summed E-state index contributed by atoms with van der Waals surface area (Å²) in [6.07, 6.45) is 4.17. The van der Waals surface area contributed by atoms with Crippen LogP contribution < -0.4 is 5.32 Å². The maximum Gasteiger partial charge on any atom is 0.0794 e. The van der Waals surface area contributed by atoms with Crippen molar-refractivity contribution in [2.45, 2.75) is 18.6 Å². The monoisotopic (exact) mass is 280 g/mol. The zero-order valence-corrected chi connectivity index (χ0v) is 11.5. The molecule has 0 spiro atoms. The average Bonchev–Trinajstić information content (AvgIpc) is 2.71. The van der Waals surface area contributed by atoms with Gasteiger partial charge in [-0.05, 0) is 31.8 Å². The van der Waals surface area contributed by atoms with Crippen molar-refractivity contribution in [2.24, 2.45) is 5.92 Å². The SMILES string of the molecule is Cl.O=S(Cc1cncs1)CC1CCNCC1. The molecule has 1 unspecified atom stereocenters. The molecule has 1 aromatic rings. The maximum atomic E-state index is 11.8. The zero-order valence-electron chi connectivity index (χ0n) is 9.05. The smallest absolute Gasteiger partial charge is 0.0794 e. The lowest BCUT2D eigenvalue weighted by Crippen LogP contribution is -2.30. The van der Waals surface area contributed by atoms with E-state index in [0.717, 1.165) is 23.7 Å². The minimum atomic E-state index is -0.704. The number of halogens is 1. The Morgan fingerprint density at radius 3 is 2.88 bits per heavy atom. The van der Waals surface area contributed by atoms with E-state index in [1.807, 2.05) is 6.20 Å². The first-order chi connectivity index (χ1) is 7.34. The normalized spacial score (nSPS) is 19.0. The molecular weight excluding hydrogens is 264 g/mol. The van der Waals surface area contributed by atoms with Crippen LogP contribution in [0.3, 0.4) is 0 Å². The molecule has 1 fully saturated rings. The Bertz CT molecular complexity index is 313. The van der Waals surface area contributed by atoms with Crippen molar-refractivity contribution in [2.75, 3.05) is 18.8 Å². The van der Waals surface area contributed by atoms with Crippen molar-refractivity contribution in [3.05, 3.63) is 16.6 Å². The van der Waals surface area contributed by atoms with Crippen molar-refractivity contribution >= 4 is 34.5 Å². The third-order valence-corrected chi connectivity index (χ3v) is 5.11. The summed E-state index contributed by atoms with van der Waals surface area (Å²) in [6, 6.07) is 0. The molecule has 0 aliphatic carbocycles. The third-order valence-electron chi connectivity index (χ3n) is 2.67. The van der Waals surface area contributed by atoms with E-state index in [-0.39, 0.29) is 12.4 Å². The molecule has 0 saturated carbocycles. The van der Waals surface area contributed by atoms with E-state index in [9.17, 15) is 4.21 Å². The maximum absolute atomic E-state index is 11.8. The number of piperidine rings is 1. The van der Waals surface area contributed by atoms with E-state index in [1.165, 1.54) is 12.8 Å². The molecule has 1 aliphatic rings. The quantitative estimate of drug-likeness (QED) is 0.915. The topological polar surface area (TPSA) is 42.0 Å². The van der Waals surface area contributed by atoms with E-state index in [4.69, 9.17) is 0 Å². The largest absolute Gasteiger partial charge is 0.317 e. The lowest BCUT2D eigenvalue weighted by Gasteiger charge is -2.21. The summed E-state index contributed by atoms with van der Waals surface area (Å²) < 4.78 is 11.8. The Morgan fingerprint density at radius 2 is 2.25 bits per heavy atom. The van der Waals surface area contributed by atoms with Crippen LogP contribution in [0, 0.1) is 5.92 Å². The molecule has 1 aromatic heterocycles. The van der Waals surface area contributed by atoms with Gasteiger partial charge in [0.25, 0.3) is 0 Å². The molecule has 0 aromatic carbocycles. The second-order valence-corrected chi connectivity index (χ2v) is 6.38. The van der Waals surface area contributed by atoms with E-state index in [1.54, 1.807) is 16.8 Å². The van der Waals surface area contributed by atoms with Crippen LogP contribution >= 0.6 is 23.7 Å². The Kier molecular flexibility index (Phi) is 6.49. The predicted octanol–water partition coefficient (Wildman–Crippen LogP) is 1.81. The molecule has 1 N–H and O–H groups in total. The van der Waals surface area contributed by atoms with Crippen LogP contribution in [-0.2, 0) is 16.6 Å². The van der Waals surface area contributed by atoms with Crippen molar-refractivity contribution in [3.63, 3.8) is 0 Å². The van der Waals surface area contributed by atoms with Crippen molar-refractivity contribution < 1.29 is 4.21 Å². The second-order valence-electron chi connectivity index (χ2n) is 3.91. The summed E-state index contributed by atoms with van der Waals surface area (Å²) in [5.74, 6) is 2.20. The van der Waals surface area contributed by atoms with E-state index < -0.39 is 10.8 Å². The number of hydrogen-bond donors (Lipinski definition) is 1. The van der Waals surface area contributed by atoms with E-state index in [2.05, 4.69) is 10.3 Å². The molecule has 1 atom stereocenters. The van der Waals surface area contributed by atoms with Crippen LogP contribution in [0.25, 0.3) is 0 Å². The standard InChI is InChI=1S/C10H16N2OS2.ClH/c13-15(7-10-5-12-8-14-10)6-9-1-3-11-4-2-9;/h5,8-9,11H,1-4,6-7H2;1H. The van der Waals surface area contributed by atoms with Gasteiger partial charge in [0, 0.05) is 27.6 Å². The lowest BCUT2D eigenvalue weighted by molar-refractivity contribution is 0.405. The molecule has 2 rings (SSSR count). The van der Waals surface area contributed by atoms with Crippen LogP contribution in [0.15, 0.2) is 11.7 Å². The number of hydrogen-bond acceptors (Lipinski definition) is 4. The van der Waals surface area contributed by atoms with Crippen LogP contribution in [-0.4, -0.2) is 28.0 Å². The fourth-order valence-electron chi connectivity index (χ4n) is 1.84. The highest BCUT2D eigenvalue weighted by molar-refractivity contribution is 7.84. The van der Waals surface area contributed by atoms with Crippen molar-refractivity contribution in [3.8, 4) is 0 Å². The Balaban J connectivity index is 0.00000128. The molecular formula is C10H17ClN2OS2. The summed E-state index contributed by atoms with van der Waals surface area (Å²) in [5.41, 5.74) is 1.80. The number of nitrogens with zero attached hydrogens (tertiary/aromatic N) is 1. The molecule has 16 heavy (non-hydrogen) atoms. The van der Waals surface area contributed by atoms with Gasteiger partial charge in [0.2, 0.25) is 0 Å². The summed E-state index contributed by atoms with van der Waals surface area (Å²) >= 11 is 1.60. The van der Waals surface area contributed by atoms with Gasteiger partial charge >= 0.3 is 0 Å². The van der Waals surface area contributed by atoms with Gasteiger partial charge in [-0.25, -0.2) is 0 Å². The van der Waals surface area contributed by atoms with Crippen LogP contribution in [0.4, 0.5) is 0 Å². The molecule has 92 valence electrons. The third kappa shape index (κ3) is 4.49. The number of rotatable bonds is 4. The Labute approximate surface area is 109 Å². The summed E-state index contributed by atoms with van der Waals surface area (Å²) in [6.45, 7) is 2.17. The Morgan fingerprint density at radius 1 is 1.50 bits per heavy atom. The number of nitrogens with one attached hydrogen (secondary N) is 1. The van der Waals surface area contributed by atoms with E-state index >= 15 is 0 Å². The first-order valence-corrected chi connectivity index (χ1v) is 7.64. The fourth-order valence-corrected chi connectivity index (χ4v) is 4.26. The number of aromatic nitrogens is 1. The zero-order chi connectivity index (χ0) is 10.5. The first-order valence-electron chi connectivity index (χ1n) is 5.27. The predicted molar refractivity (Wildman–Crippen MR) is 71.7 cm³/mol. The molecule has 2 heterocycles. The molecule has 6 heteroatoms. The van der Waals surface area contributed by atoms with Crippen LogP contribution in [0.1, 0.15) is 17.7 Å². The van der Waals surface area contributed by atoms with Gasteiger partial charge in [0.1, 0.15) is 0 Å². The molecule has 0 amide bonds. The second kappa shape index (κ2) is 7.37. The van der Waals surface area contributed by atoms with Gasteiger partial charge in [0.05, 0.1) is 11.3 Å². The van der Waals surface area contributed by atoms with Gasteiger partial charge in [-0.3, -0.25) is 9.19 Å². The highest BCUT2D eigenvalue weighted by Crippen LogP contribution is 2.16. The lowest BCUT2D eigenvalue weighted by atomic mass is 10.0. The molecule has 1 aliphatic heterocycles. The molecule has 0 radical (unpaired) electrons. The fraction of sp³-hybridized carbons (Fsp3) is 0.700. The van der Waals surface area contributed by atoms with Gasteiger partial charge in [-0.2, -0.15) is 0 Å². The summed E-state index contributed by atoms with van der Waals surface area (Å²) in [5, 5.41) is 3.33. The molecule has 1 saturated heterocycles. The van der Waals surface area contributed by atoms with E-state index in [0.29, 0.717) is 11.7 Å². The van der Waals surface area contributed by atoms with Crippen LogP contribution in [0.2, 0.25) is 0 Å². The van der Waals surface area contributed by atoms with Gasteiger partial charge in [0.15, 0.2) is 0 Å². The molecule has 3 nitrogen and oxygen atoms in total. The minimum absolute atomic E-state index is 0. The summed E-state index contributed by atoms with van der Waals surface area (Å²) in [4.78, 5) is 5.14. The van der Waals surface area contributed by atoms with Crippen molar-refractivity contribution in [1.29, 1.82) is 0 Å². The van der Waals surface area contributed by atoms with Crippen molar-refractivity contribution in [1.82, 2.24) is 10.3 Å². The average molecular weight is 281 g/mol. The number of thiazole rings is 1.